The number of hydrogen-bond donors (Lipinski definition) is 2. The van der Waals surface area contributed by atoms with E-state index >= 15 is 0 Å². The molecular weight excluding hydrogens is 256 g/mol. The summed E-state index contributed by atoms with van der Waals surface area (Å²) in [4.78, 5) is 0. The van der Waals surface area contributed by atoms with Crippen molar-refractivity contribution in [3.8, 4) is 0 Å². The second kappa shape index (κ2) is 8.53. The molecule has 2 aliphatic rings. The summed E-state index contributed by atoms with van der Waals surface area (Å²) < 4.78 is 0. The first-order valence-electron chi connectivity index (χ1n) is 9.56. The molecule has 2 rings (SSSR count). The fourth-order valence-electron chi connectivity index (χ4n) is 4.65. The summed E-state index contributed by atoms with van der Waals surface area (Å²) in [5.41, 5.74) is 0.610. The van der Waals surface area contributed by atoms with E-state index in [0.717, 1.165) is 12.0 Å². The molecule has 2 atom stereocenters. The summed E-state index contributed by atoms with van der Waals surface area (Å²) in [6.07, 6.45) is 14.1. The Labute approximate surface area is 132 Å². The van der Waals surface area contributed by atoms with E-state index in [0.29, 0.717) is 11.5 Å². The number of nitrogens with one attached hydrogen (secondary N) is 2. The largest absolute Gasteiger partial charge is 0.314 e. The van der Waals surface area contributed by atoms with Gasteiger partial charge in [0.2, 0.25) is 0 Å². The van der Waals surface area contributed by atoms with Crippen LogP contribution in [0.5, 0.6) is 0 Å². The van der Waals surface area contributed by atoms with Crippen LogP contribution < -0.4 is 10.6 Å². The lowest BCUT2D eigenvalue weighted by Crippen LogP contribution is -2.41. The Morgan fingerprint density at radius 2 is 1.81 bits per heavy atom. The highest BCUT2D eigenvalue weighted by molar-refractivity contribution is 4.88. The molecule has 1 saturated carbocycles. The van der Waals surface area contributed by atoms with Crippen molar-refractivity contribution in [1.29, 1.82) is 0 Å². The molecule has 0 aromatic carbocycles. The van der Waals surface area contributed by atoms with Gasteiger partial charge in [-0.3, -0.25) is 0 Å². The molecular formula is C19H38N2. The van der Waals surface area contributed by atoms with Crippen LogP contribution in [-0.4, -0.2) is 25.2 Å². The molecule has 2 unspecified atom stereocenters. The van der Waals surface area contributed by atoms with Crippen molar-refractivity contribution in [2.45, 2.75) is 97.1 Å². The van der Waals surface area contributed by atoms with E-state index in [1.54, 1.807) is 0 Å². The van der Waals surface area contributed by atoms with E-state index in [-0.39, 0.29) is 0 Å². The minimum atomic E-state index is 0.610. The molecule has 1 aliphatic carbocycles. The summed E-state index contributed by atoms with van der Waals surface area (Å²) in [6.45, 7) is 9.65. The molecule has 0 aromatic heterocycles. The van der Waals surface area contributed by atoms with Crippen molar-refractivity contribution in [2.75, 3.05) is 13.1 Å². The van der Waals surface area contributed by atoms with Crippen LogP contribution in [0.1, 0.15) is 85.0 Å². The van der Waals surface area contributed by atoms with Crippen LogP contribution in [0.25, 0.3) is 0 Å². The minimum absolute atomic E-state index is 0.610. The molecule has 21 heavy (non-hydrogen) atoms. The van der Waals surface area contributed by atoms with Gasteiger partial charge in [-0.2, -0.15) is 0 Å². The maximum Gasteiger partial charge on any atom is 0.00817 e. The van der Waals surface area contributed by atoms with E-state index in [1.165, 1.54) is 77.3 Å². The minimum Gasteiger partial charge on any atom is -0.314 e. The lowest BCUT2D eigenvalue weighted by molar-refractivity contribution is 0.212. The number of hydrogen-bond acceptors (Lipinski definition) is 2. The first-order valence-corrected chi connectivity index (χ1v) is 9.56. The Hall–Kier alpha value is -0.0800. The van der Waals surface area contributed by atoms with Gasteiger partial charge < -0.3 is 10.6 Å². The molecule has 124 valence electrons. The highest BCUT2D eigenvalue weighted by atomic mass is 15.0. The Balaban J connectivity index is 1.74. The molecule has 1 aliphatic heterocycles. The molecule has 2 N–H and O–H groups in total. The second-order valence-corrected chi connectivity index (χ2v) is 8.32. The first-order chi connectivity index (χ1) is 10.1. The standard InChI is InChI=1S/C19H38N2/c1-16(2)14-19(10-6-7-11-19)15-21-17(3)13-18-9-5-4-8-12-20-18/h16-18,20-21H,4-15H2,1-3H3. The predicted octanol–water partition coefficient (Wildman–Crippen LogP) is 4.49. The first kappa shape index (κ1) is 17.3. The van der Waals surface area contributed by atoms with Gasteiger partial charge >= 0.3 is 0 Å². The monoisotopic (exact) mass is 294 g/mol. The Morgan fingerprint density at radius 1 is 1.05 bits per heavy atom. The SMILES string of the molecule is CC(C)CC1(CNC(C)CC2CCCCCN2)CCCC1. The van der Waals surface area contributed by atoms with Crippen LogP contribution in [0.4, 0.5) is 0 Å². The molecule has 2 heteroatoms. The molecule has 0 spiro atoms. The maximum atomic E-state index is 3.90. The van der Waals surface area contributed by atoms with E-state index < -0.39 is 0 Å². The van der Waals surface area contributed by atoms with Gasteiger partial charge in [0.15, 0.2) is 0 Å². The fraction of sp³-hybridized carbons (Fsp3) is 1.00. The van der Waals surface area contributed by atoms with Gasteiger partial charge in [-0.05, 0) is 63.3 Å². The van der Waals surface area contributed by atoms with Gasteiger partial charge in [0, 0.05) is 18.6 Å². The van der Waals surface area contributed by atoms with E-state index in [4.69, 9.17) is 0 Å². The summed E-state index contributed by atoms with van der Waals surface area (Å²) in [5.74, 6) is 0.837. The normalized spacial score (nSPS) is 27.7. The van der Waals surface area contributed by atoms with E-state index in [9.17, 15) is 0 Å². The third-order valence-corrected chi connectivity index (χ3v) is 5.63. The van der Waals surface area contributed by atoms with E-state index in [2.05, 4.69) is 31.4 Å². The molecule has 2 nitrogen and oxygen atoms in total. The van der Waals surface area contributed by atoms with Crippen LogP contribution >= 0.6 is 0 Å². The summed E-state index contributed by atoms with van der Waals surface area (Å²) in [5, 5.41) is 7.64. The molecule has 0 aromatic rings. The van der Waals surface area contributed by atoms with Gasteiger partial charge in [0.25, 0.3) is 0 Å². The van der Waals surface area contributed by atoms with E-state index in [1.807, 2.05) is 0 Å². The quantitative estimate of drug-likeness (QED) is 0.723. The zero-order valence-corrected chi connectivity index (χ0v) is 14.7. The van der Waals surface area contributed by atoms with Gasteiger partial charge in [-0.25, -0.2) is 0 Å². The molecule has 1 saturated heterocycles. The van der Waals surface area contributed by atoms with Crippen LogP contribution in [-0.2, 0) is 0 Å². The zero-order chi connectivity index (χ0) is 15.1. The molecule has 1 heterocycles. The van der Waals surface area contributed by atoms with Crippen LogP contribution in [0, 0.1) is 11.3 Å². The summed E-state index contributed by atoms with van der Waals surface area (Å²) >= 11 is 0. The zero-order valence-electron chi connectivity index (χ0n) is 14.7. The molecule has 2 fully saturated rings. The highest BCUT2D eigenvalue weighted by Gasteiger charge is 2.34. The average molecular weight is 295 g/mol. The Morgan fingerprint density at radius 3 is 2.52 bits per heavy atom. The number of rotatable bonds is 7. The van der Waals surface area contributed by atoms with Gasteiger partial charge in [-0.1, -0.05) is 39.5 Å². The Kier molecular flexibility index (Phi) is 7.01. The lowest BCUT2D eigenvalue weighted by atomic mass is 9.78. The van der Waals surface area contributed by atoms with Crippen LogP contribution in [0.3, 0.4) is 0 Å². The van der Waals surface area contributed by atoms with Crippen molar-refractivity contribution in [2.24, 2.45) is 11.3 Å². The van der Waals surface area contributed by atoms with Crippen molar-refractivity contribution in [1.82, 2.24) is 10.6 Å². The van der Waals surface area contributed by atoms with Crippen molar-refractivity contribution in [3.05, 3.63) is 0 Å². The lowest BCUT2D eigenvalue weighted by Gasteiger charge is -2.33. The highest BCUT2D eigenvalue weighted by Crippen LogP contribution is 2.42. The van der Waals surface area contributed by atoms with Crippen molar-refractivity contribution in [3.63, 3.8) is 0 Å². The van der Waals surface area contributed by atoms with Crippen LogP contribution in [0.2, 0.25) is 0 Å². The Bertz CT molecular complexity index is 273. The second-order valence-electron chi connectivity index (χ2n) is 8.32. The van der Waals surface area contributed by atoms with Gasteiger partial charge in [-0.15, -0.1) is 0 Å². The van der Waals surface area contributed by atoms with Crippen molar-refractivity contribution >= 4 is 0 Å². The summed E-state index contributed by atoms with van der Waals surface area (Å²) in [7, 11) is 0. The molecule has 0 radical (unpaired) electrons. The average Bonchev–Trinajstić information content (AvgIpc) is 2.72. The van der Waals surface area contributed by atoms with Crippen molar-refractivity contribution < 1.29 is 0 Å². The van der Waals surface area contributed by atoms with Crippen LogP contribution in [0.15, 0.2) is 0 Å². The maximum absolute atomic E-state index is 3.90. The molecule has 0 bridgehead atoms. The molecule has 0 amide bonds. The third-order valence-electron chi connectivity index (χ3n) is 5.63. The third kappa shape index (κ3) is 5.90. The fourth-order valence-corrected chi connectivity index (χ4v) is 4.65. The van der Waals surface area contributed by atoms with Gasteiger partial charge in [0.05, 0.1) is 0 Å². The van der Waals surface area contributed by atoms with Gasteiger partial charge in [0.1, 0.15) is 0 Å². The summed E-state index contributed by atoms with van der Waals surface area (Å²) in [6, 6.07) is 1.41. The smallest absolute Gasteiger partial charge is 0.00817 e. The topological polar surface area (TPSA) is 24.1 Å². The predicted molar refractivity (Wildman–Crippen MR) is 92.7 cm³/mol.